The number of ether oxygens (including phenoxy) is 1. The van der Waals surface area contributed by atoms with Crippen molar-refractivity contribution in [3.63, 3.8) is 0 Å². The molecule has 2 unspecified atom stereocenters. The van der Waals surface area contributed by atoms with Crippen molar-refractivity contribution in [2.75, 3.05) is 19.7 Å². The molecule has 0 spiro atoms. The highest BCUT2D eigenvalue weighted by molar-refractivity contribution is 5.85. The summed E-state index contributed by atoms with van der Waals surface area (Å²) in [5.74, 6) is 1.38. The van der Waals surface area contributed by atoms with Crippen LogP contribution in [0.4, 0.5) is 0 Å². The molecule has 1 aromatic rings. The van der Waals surface area contributed by atoms with Gasteiger partial charge in [-0.05, 0) is 42.9 Å². The first-order valence-corrected chi connectivity index (χ1v) is 8.38. The van der Waals surface area contributed by atoms with E-state index in [-0.39, 0.29) is 24.9 Å². The van der Waals surface area contributed by atoms with Gasteiger partial charge in [0, 0.05) is 25.2 Å². The maximum atomic E-state index is 12.3. The van der Waals surface area contributed by atoms with Crippen LogP contribution >= 0.6 is 12.4 Å². The summed E-state index contributed by atoms with van der Waals surface area (Å²) < 4.78 is 5.67. The van der Waals surface area contributed by atoms with Gasteiger partial charge in [-0.25, -0.2) is 0 Å². The summed E-state index contributed by atoms with van der Waals surface area (Å²) in [6.07, 6.45) is 3.50. The Kier molecular flexibility index (Phi) is 6.31. The van der Waals surface area contributed by atoms with E-state index in [1.54, 1.807) is 0 Å². The van der Waals surface area contributed by atoms with Crippen molar-refractivity contribution >= 4 is 18.3 Å². The molecule has 2 aliphatic rings. The molecule has 1 aromatic carbocycles. The number of nitrogens with one attached hydrogen (secondary N) is 1. The molecule has 5 heteroatoms. The molecular formula is C18H27ClN2O2. The third kappa shape index (κ3) is 4.61. The van der Waals surface area contributed by atoms with Crippen molar-refractivity contribution in [3.8, 4) is 5.75 Å². The van der Waals surface area contributed by atoms with Gasteiger partial charge in [0.1, 0.15) is 5.75 Å². The summed E-state index contributed by atoms with van der Waals surface area (Å²) >= 11 is 0. The van der Waals surface area contributed by atoms with Gasteiger partial charge >= 0.3 is 0 Å². The lowest BCUT2D eigenvalue weighted by atomic mass is 10.0. The Hall–Kier alpha value is -1.26. The second kappa shape index (κ2) is 8.02. The van der Waals surface area contributed by atoms with E-state index in [1.807, 2.05) is 17.0 Å². The van der Waals surface area contributed by atoms with Gasteiger partial charge in [-0.3, -0.25) is 4.79 Å². The molecule has 2 aliphatic heterocycles. The van der Waals surface area contributed by atoms with Crippen molar-refractivity contribution in [1.29, 1.82) is 0 Å². The number of rotatable bonds is 4. The molecule has 0 aliphatic carbocycles. The van der Waals surface area contributed by atoms with Crippen LogP contribution in [0, 0.1) is 0 Å². The van der Waals surface area contributed by atoms with Crippen LogP contribution < -0.4 is 10.1 Å². The Morgan fingerprint density at radius 2 is 1.91 bits per heavy atom. The zero-order valence-electron chi connectivity index (χ0n) is 14.0. The maximum absolute atomic E-state index is 12.3. The van der Waals surface area contributed by atoms with Gasteiger partial charge in [0.2, 0.25) is 0 Å². The smallest absolute Gasteiger partial charge is 0.260 e. The Labute approximate surface area is 145 Å². The van der Waals surface area contributed by atoms with Crippen LogP contribution in [-0.4, -0.2) is 42.6 Å². The van der Waals surface area contributed by atoms with Crippen molar-refractivity contribution < 1.29 is 9.53 Å². The predicted molar refractivity (Wildman–Crippen MR) is 94.4 cm³/mol. The highest BCUT2D eigenvalue weighted by atomic mass is 35.5. The topological polar surface area (TPSA) is 41.6 Å². The second-order valence-corrected chi connectivity index (χ2v) is 6.78. The monoisotopic (exact) mass is 338 g/mol. The molecule has 0 saturated carbocycles. The molecular weight excluding hydrogens is 312 g/mol. The lowest BCUT2D eigenvalue weighted by Gasteiger charge is -2.24. The van der Waals surface area contributed by atoms with E-state index in [0.717, 1.165) is 25.3 Å². The first-order valence-electron chi connectivity index (χ1n) is 8.38. The summed E-state index contributed by atoms with van der Waals surface area (Å²) in [4.78, 5) is 14.3. The number of halogens is 1. The van der Waals surface area contributed by atoms with E-state index in [2.05, 4.69) is 31.3 Å². The molecule has 2 bridgehead atoms. The van der Waals surface area contributed by atoms with Gasteiger partial charge in [0.15, 0.2) is 6.61 Å². The van der Waals surface area contributed by atoms with Crippen LogP contribution in [0.5, 0.6) is 5.75 Å². The summed E-state index contributed by atoms with van der Waals surface area (Å²) in [7, 11) is 0. The first kappa shape index (κ1) is 18.1. The maximum Gasteiger partial charge on any atom is 0.260 e. The highest BCUT2D eigenvalue weighted by Gasteiger charge is 2.31. The van der Waals surface area contributed by atoms with Crippen molar-refractivity contribution in [2.24, 2.45) is 0 Å². The molecule has 0 radical (unpaired) electrons. The van der Waals surface area contributed by atoms with Gasteiger partial charge in [0.25, 0.3) is 5.91 Å². The molecule has 2 atom stereocenters. The van der Waals surface area contributed by atoms with Gasteiger partial charge in [-0.15, -0.1) is 12.4 Å². The minimum absolute atomic E-state index is 0. The van der Waals surface area contributed by atoms with Crippen molar-refractivity contribution in [1.82, 2.24) is 10.2 Å². The lowest BCUT2D eigenvalue weighted by Crippen LogP contribution is -2.41. The third-order valence-electron chi connectivity index (χ3n) is 4.79. The summed E-state index contributed by atoms with van der Waals surface area (Å²) in [6.45, 7) is 6.15. The molecule has 4 nitrogen and oxygen atoms in total. The van der Waals surface area contributed by atoms with Gasteiger partial charge in [-0.1, -0.05) is 26.0 Å². The van der Waals surface area contributed by atoms with Gasteiger partial charge in [0.05, 0.1) is 0 Å². The first-order chi connectivity index (χ1) is 10.6. The van der Waals surface area contributed by atoms with Crippen molar-refractivity contribution in [3.05, 3.63) is 29.8 Å². The van der Waals surface area contributed by atoms with Crippen LogP contribution in [-0.2, 0) is 4.79 Å². The molecule has 2 heterocycles. The largest absolute Gasteiger partial charge is 0.484 e. The Bertz CT molecular complexity index is 518. The van der Waals surface area contributed by atoms with Crippen LogP contribution in [0.15, 0.2) is 24.3 Å². The van der Waals surface area contributed by atoms with Crippen molar-refractivity contribution in [2.45, 2.75) is 51.1 Å². The molecule has 1 amide bonds. The van der Waals surface area contributed by atoms with Crippen LogP contribution in [0.2, 0.25) is 0 Å². The number of carbonyl (C=O) groups excluding carboxylic acids is 1. The Morgan fingerprint density at radius 3 is 2.61 bits per heavy atom. The SMILES string of the molecule is CC(C)c1ccc(OCC(=O)N2CCC3CCC(C2)N3)cc1.Cl. The molecule has 2 fully saturated rings. The fourth-order valence-electron chi connectivity index (χ4n) is 3.35. The summed E-state index contributed by atoms with van der Waals surface area (Å²) in [6, 6.07) is 9.12. The number of fused-ring (bicyclic) bond motifs is 2. The second-order valence-electron chi connectivity index (χ2n) is 6.78. The number of hydrogen-bond donors (Lipinski definition) is 1. The average Bonchev–Trinajstić information content (AvgIpc) is 2.84. The van der Waals surface area contributed by atoms with Crippen LogP contribution in [0.1, 0.15) is 44.6 Å². The third-order valence-corrected chi connectivity index (χ3v) is 4.79. The fourth-order valence-corrected chi connectivity index (χ4v) is 3.35. The standard InChI is InChI=1S/C18H26N2O2.ClH/c1-13(2)14-3-7-17(8-4-14)22-12-18(21)20-10-9-15-5-6-16(11-20)19-15;/h3-4,7-8,13,15-16,19H,5-6,9-12H2,1-2H3;1H. The number of amides is 1. The number of carbonyl (C=O) groups is 1. The molecule has 3 rings (SSSR count). The number of benzene rings is 1. The fraction of sp³-hybridized carbons (Fsp3) is 0.611. The lowest BCUT2D eigenvalue weighted by molar-refractivity contribution is -0.133. The molecule has 23 heavy (non-hydrogen) atoms. The zero-order chi connectivity index (χ0) is 15.5. The summed E-state index contributed by atoms with van der Waals surface area (Å²) in [5.41, 5.74) is 1.29. The Morgan fingerprint density at radius 1 is 1.22 bits per heavy atom. The molecule has 1 N–H and O–H groups in total. The summed E-state index contributed by atoms with van der Waals surface area (Å²) in [5, 5.41) is 3.59. The molecule has 0 aromatic heterocycles. The number of hydrogen-bond acceptors (Lipinski definition) is 3. The van der Waals surface area contributed by atoms with E-state index in [4.69, 9.17) is 4.74 Å². The van der Waals surface area contributed by atoms with E-state index in [1.165, 1.54) is 18.4 Å². The minimum atomic E-state index is 0. The molecule has 2 saturated heterocycles. The number of nitrogens with zero attached hydrogens (tertiary/aromatic N) is 1. The number of likely N-dealkylation sites (tertiary alicyclic amines) is 1. The zero-order valence-corrected chi connectivity index (χ0v) is 14.8. The van der Waals surface area contributed by atoms with E-state index >= 15 is 0 Å². The quantitative estimate of drug-likeness (QED) is 0.917. The van der Waals surface area contributed by atoms with Crippen LogP contribution in [0.3, 0.4) is 0 Å². The van der Waals surface area contributed by atoms with E-state index in [0.29, 0.717) is 18.0 Å². The van der Waals surface area contributed by atoms with E-state index in [9.17, 15) is 4.79 Å². The Balaban J connectivity index is 0.00000192. The predicted octanol–water partition coefficient (Wildman–Crippen LogP) is 2.96. The molecule has 128 valence electrons. The van der Waals surface area contributed by atoms with E-state index < -0.39 is 0 Å². The highest BCUT2D eigenvalue weighted by Crippen LogP contribution is 2.21. The van der Waals surface area contributed by atoms with Crippen LogP contribution in [0.25, 0.3) is 0 Å². The van der Waals surface area contributed by atoms with Gasteiger partial charge < -0.3 is 15.0 Å². The normalized spacial score (nSPS) is 23.3. The van der Waals surface area contributed by atoms with Gasteiger partial charge in [-0.2, -0.15) is 0 Å². The average molecular weight is 339 g/mol. The minimum Gasteiger partial charge on any atom is -0.484 e.